The Hall–Kier alpha value is -0.0800. The van der Waals surface area contributed by atoms with Crippen molar-refractivity contribution in [1.29, 1.82) is 0 Å². The third-order valence-corrected chi connectivity index (χ3v) is 2.50. The lowest BCUT2D eigenvalue weighted by Crippen LogP contribution is -2.28. The van der Waals surface area contributed by atoms with Gasteiger partial charge in [0.05, 0.1) is 7.11 Å². The molecule has 2 nitrogen and oxygen atoms in total. The van der Waals surface area contributed by atoms with Crippen LogP contribution in [-0.2, 0) is 4.84 Å². The van der Waals surface area contributed by atoms with Crippen LogP contribution in [0.5, 0.6) is 0 Å². The van der Waals surface area contributed by atoms with Crippen LogP contribution in [0.2, 0.25) is 0 Å². The highest BCUT2D eigenvalue weighted by Gasteiger charge is 2.48. The summed E-state index contributed by atoms with van der Waals surface area (Å²) < 4.78 is 0. The van der Waals surface area contributed by atoms with Crippen molar-refractivity contribution < 1.29 is 4.84 Å². The Balaban J connectivity index is 2.25. The third-order valence-electron chi connectivity index (χ3n) is 2.50. The summed E-state index contributed by atoms with van der Waals surface area (Å²) in [5, 5.41) is 0. The molecule has 1 rings (SSSR count). The molecule has 1 fully saturated rings. The number of nitrogens with one attached hydrogen (secondary N) is 1. The molecule has 0 saturated heterocycles. The highest BCUT2D eigenvalue weighted by molar-refractivity contribution is 4.99. The van der Waals surface area contributed by atoms with Gasteiger partial charge in [-0.1, -0.05) is 13.8 Å². The lowest BCUT2D eigenvalue weighted by Gasteiger charge is -2.12. The highest BCUT2D eigenvalue weighted by atomic mass is 16.6. The Bertz CT molecular complexity index is 122. The first kappa shape index (κ1) is 8.02. The molecular formula is C8H17NO. The van der Waals surface area contributed by atoms with E-state index in [0.717, 1.165) is 5.92 Å². The van der Waals surface area contributed by atoms with Gasteiger partial charge in [-0.15, -0.1) is 0 Å². The quantitative estimate of drug-likeness (QED) is 0.605. The Kier molecular flexibility index (Phi) is 2.02. The molecule has 0 aliphatic heterocycles. The minimum absolute atomic E-state index is 0.500. The molecule has 0 aromatic carbocycles. The van der Waals surface area contributed by atoms with E-state index in [4.69, 9.17) is 4.84 Å². The van der Waals surface area contributed by atoms with E-state index in [1.54, 1.807) is 7.11 Å². The molecule has 1 N–H and O–H groups in total. The number of hydrogen-bond donors (Lipinski definition) is 1. The molecule has 0 radical (unpaired) electrons. The molecule has 2 heteroatoms. The van der Waals surface area contributed by atoms with Crippen molar-refractivity contribution in [2.24, 2.45) is 11.3 Å². The molecule has 1 aliphatic rings. The van der Waals surface area contributed by atoms with E-state index in [0.29, 0.717) is 11.5 Å². The van der Waals surface area contributed by atoms with Crippen molar-refractivity contribution in [2.45, 2.75) is 33.2 Å². The van der Waals surface area contributed by atoms with Gasteiger partial charge in [0, 0.05) is 6.04 Å². The highest BCUT2D eigenvalue weighted by Crippen LogP contribution is 2.53. The minimum atomic E-state index is 0.500. The molecule has 0 amide bonds. The van der Waals surface area contributed by atoms with Gasteiger partial charge in [0.15, 0.2) is 0 Å². The van der Waals surface area contributed by atoms with Crippen molar-refractivity contribution >= 4 is 0 Å². The van der Waals surface area contributed by atoms with Gasteiger partial charge in [0.1, 0.15) is 0 Å². The summed E-state index contributed by atoms with van der Waals surface area (Å²) >= 11 is 0. The molecule has 0 bridgehead atoms. The molecular weight excluding hydrogens is 126 g/mol. The average molecular weight is 143 g/mol. The van der Waals surface area contributed by atoms with Crippen molar-refractivity contribution in [1.82, 2.24) is 5.48 Å². The topological polar surface area (TPSA) is 21.3 Å². The van der Waals surface area contributed by atoms with Crippen LogP contribution in [0.25, 0.3) is 0 Å². The van der Waals surface area contributed by atoms with Gasteiger partial charge in [-0.05, 0) is 24.7 Å². The second kappa shape index (κ2) is 2.51. The maximum atomic E-state index is 4.85. The molecule has 1 aliphatic carbocycles. The van der Waals surface area contributed by atoms with Crippen LogP contribution >= 0.6 is 0 Å². The maximum absolute atomic E-state index is 4.85. The molecule has 2 atom stereocenters. The Labute approximate surface area is 62.9 Å². The predicted molar refractivity (Wildman–Crippen MR) is 41.5 cm³/mol. The summed E-state index contributed by atoms with van der Waals surface area (Å²) in [7, 11) is 1.67. The Morgan fingerprint density at radius 3 is 2.40 bits per heavy atom. The molecule has 0 aromatic rings. The van der Waals surface area contributed by atoms with Crippen molar-refractivity contribution in [3.05, 3.63) is 0 Å². The molecule has 0 heterocycles. The van der Waals surface area contributed by atoms with Crippen LogP contribution in [0, 0.1) is 11.3 Å². The van der Waals surface area contributed by atoms with Crippen molar-refractivity contribution in [3.8, 4) is 0 Å². The van der Waals surface area contributed by atoms with Crippen LogP contribution < -0.4 is 5.48 Å². The molecule has 60 valence electrons. The fourth-order valence-corrected chi connectivity index (χ4v) is 1.63. The van der Waals surface area contributed by atoms with E-state index in [1.165, 1.54) is 6.42 Å². The zero-order valence-corrected chi connectivity index (χ0v) is 7.27. The van der Waals surface area contributed by atoms with Gasteiger partial charge in [-0.2, -0.15) is 5.48 Å². The fourth-order valence-electron chi connectivity index (χ4n) is 1.63. The summed E-state index contributed by atoms with van der Waals surface area (Å²) in [6.07, 6.45) is 1.32. The molecule has 0 aromatic heterocycles. The number of rotatable bonds is 3. The van der Waals surface area contributed by atoms with E-state index in [9.17, 15) is 0 Å². The maximum Gasteiger partial charge on any atom is 0.0572 e. The van der Waals surface area contributed by atoms with Crippen LogP contribution in [0.1, 0.15) is 27.2 Å². The molecule has 2 unspecified atom stereocenters. The zero-order chi connectivity index (χ0) is 7.78. The smallest absolute Gasteiger partial charge is 0.0572 e. The average Bonchev–Trinajstić information content (AvgIpc) is 2.41. The lowest BCUT2D eigenvalue weighted by atomic mass is 10.1. The minimum Gasteiger partial charge on any atom is -0.305 e. The lowest BCUT2D eigenvalue weighted by molar-refractivity contribution is 0.0560. The molecule has 10 heavy (non-hydrogen) atoms. The monoisotopic (exact) mass is 143 g/mol. The van der Waals surface area contributed by atoms with Crippen LogP contribution in [0.4, 0.5) is 0 Å². The van der Waals surface area contributed by atoms with Crippen molar-refractivity contribution in [2.75, 3.05) is 7.11 Å². The summed E-state index contributed by atoms with van der Waals surface area (Å²) in [6, 6.07) is 0.500. The van der Waals surface area contributed by atoms with E-state index < -0.39 is 0 Å². The number of hydroxylamine groups is 1. The summed E-state index contributed by atoms with van der Waals surface area (Å²) in [4.78, 5) is 4.85. The van der Waals surface area contributed by atoms with E-state index in [1.807, 2.05) is 0 Å². The van der Waals surface area contributed by atoms with Crippen LogP contribution in [-0.4, -0.2) is 13.2 Å². The first-order valence-corrected chi connectivity index (χ1v) is 3.86. The normalized spacial score (nSPS) is 31.8. The van der Waals surface area contributed by atoms with Gasteiger partial charge < -0.3 is 4.84 Å². The third kappa shape index (κ3) is 1.50. The summed E-state index contributed by atoms with van der Waals surface area (Å²) in [5.74, 6) is 0.799. The molecule has 0 spiro atoms. The zero-order valence-electron chi connectivity index (χ0n) is 7.27. The van der Waals surface area contributed by atoms with E-state index in [-0.39, 0.29) is 0 Å². The summed E-state index contributed by atoms with van der Waals surface area (Å²) in [5.41, 5.74) is 3.51. The van der Waals surface area contributed by atoms with Gasteiger partial charge in [-0.25, -0.2) is 0 Å². The first-order valence-electron chi connectivity index (χ1n) is 3.86. The van der Waals surface area contributed by atoms with Gasteiger partial charge in [0.2, 0.25) is 0 Å². The second-order valence-electron chi connectivity index (χ2n) is 3.91. The summed E-state index contributed by atoms with van der Waals surface area (Å²) in [6.45, 7) is 6.76. The van der Waals surface area contributed by atoms with Crippen LogP contribution in [0.3, 0.4) is 0 Å². The molecule has 1 saturated carbocycles. The predicted octanol–water partition coefficient (Wildman–Crippen LogP) is 1.57. The van der Waals surface area contributed by atoms with Gasteiger partial charge in [-0.3, -0.25) is 0 Å². The van der Waals surface area contributed by atoms with Gasteiger partial charge >= 0.3 is 0 Å². The van der Waals surface area contributed by atoms with Gasteiger partial charge in [0.25, 0.3) is 0 Å². The second-order valence-corrected chi connectivity index (χ2v) is 3.91. The number of hydrogen-bond acceptors (Lipinski definition) is 2. The standard InChI is InChI=1S/C8H17NO/c1-6(9-10-4)7-5-8(7,2)3/h6-7,9H,5H2,1-4H3. The Morgan fingerprint density at radius 1 is 1.60 bits per heavy atom. The fraction of sp³-hybridized carbons (Fsp3) is 1.00. The van der Waals surface area contributed by atoms with Crippen LogP contribution in [0.15, 0.2) is 0 Å². The van der Waals surface area contributed by atoms with E-state index >= 15 is 0 Å². The largest absolute Gasteiger partial charge is 0.305 e. The Morgan fingerprint density at radius 2 is 2.10 bits per heavy atom. The first-order chi connectivity index (χ1) is 4.58. The SMILES string of the molecule is CONC(C)C1CC1(C)C. The van der Waals surface area contributed by atoms with E-state index in [2.05, 4.69) is 26.3 Å². The van der Waals surface area contributed by atoms with Crippen molar-refractivity contribution in [3.63, 3.8) is 0 Å².